The molecule has 1 aromatic carbocycles. The molecule has 0 unspecified atom stereocenters. The van der Waals surface area contributed by atoms with E-state index < -0.39 is 9.84 Å². The van der Waals surface area contributed by atoms with Crippen LogP contribution in [-0.2, 0) is 9.84 Å². The zero-order valence-corrected chi connectivity index (χ0v) is 7.43. The molecule has 1 heterocycles. The van der Waals surface area contributed by atoms with Crippen molar-refractivity contribution in [2.24, 2.45) is 0 Å². The van der Waals surface area contributed by atoms with Gasteiger partial charge in [0.1, 0.15) is 0 Å². The molecule has 12 heavy (non-hydrogen) atoms. The lowest BCUT2D eigenvalue weighted by molar-refractivity contribution is 0.616. The van der Waals surface area contributed by atoms with Crippen LogP contribution in [0.3, 0.4) is 0 Å². The molecule has 0 fully saturated rings. The molecule has 0 atom stereocenters. The predicted octanol–water partition coefficient (Wildman–Crippen LogP) is 1.80. The molecule has 2 nitrogen and oxygen atoms in total. The molecule has 0 amide bonds. The zero-order chi connectivity index (χ0) is 8.77. The van der Waals surface area contributed by atoms with Gasteiger partial charge in [-0.25, -0.2) is 8.42 Å². The zero-order valence-electron chi connectivity index (χ0n) is 6.61. The van der Waals surface area contributed by atoms with Crippen LogP contribution < -0.4 is 0 Å². The molecule has 2 rings (SSSR count). The molecule has 0 saturated heterocycles. The monoisotopic (exact) mass is 180 g/mol. The van der Waals surface area contributed by atoms with Crippen LogP contribution in [0, 0.1) is 0 Å². The molecule has 0 bridgehead atoms. The van der Waals surface area contributed by atoms with Crippen molar-refractivity contribution < 1.29 is 8.42 Å². The molecule has 0 aliphatic carbocycles. The number of hydrogen-bond donors (Lipinski definition) is 0. The summed E-state index contributed by atoms with van der Waals surface area (Å²) in [6.45, 7) is 1.64. The van der Waals surface area contributed by atoms with Crippen LogP contribution in [0.5, 0.6) is 0 Å². The van der Waals surface area contributed by atoms with E-state index >= 15 is 0 Å². The third-order valence-electron chi connectivity index (χ3n) is 1.99. The van der Waals surface area contributed by atoms with Crippen molar-refractivity contribution in [1.82, 2.24) is 0 Å². The van der Waals surface area contributed by atoms with Crippen LogP contribution in [-0.4, -0.2) is 8.42 Å². The summed E-state index contributed by atoms with van der Waals surface area (Å²) in [5, 5.41) is 0. The Morgan fingerprint density at radius 3 is 2.00 bits per heavy atom. The fourth-order valence-corrected chi connectivity index (χ4v) is 2.58. The first-order valence-corrected chi connectivity index (χ1v) is 5.14. The normalized spacial score (nSPS) is 19.4. The Morgan fingerprint density at radius 2 is 1.58 bits per heavy atom. The van der Waals surface area contributed by atoms with Gasteiger partial charge in [-0.15, -0.1) is 0 Å². The summed E-state index contributed by atoms with van der Waals surface area (Å²) in [7, 11) is -2.96. The average molecular weight is 180 g/mol. The lowest BCUT2D eigenvalue weighted by Crippen LogP contribution is -1.78. The largest absolute Gasteiger partial charge is 0.219 e. The first-order valence-electron chi connectivity index (χ1n) is 3.65. The van der Waals surface area contributed by atoms with Crippen molar-refractivity contribution in [1.29, 1.82) is 0 Å². The Bertz CT molecular complexity index is 441. The predicted molar refractivity (Wildman–Crippen MR) is 48.0 cm³/mol. The van der Waals surface area contributed by atoms with Gasteiger partial charge < -0.3 is 0 Å². The quantitative estimate of drug-likeness (QED) is 0.660. The maximum absolute atomic E-state index is 11.1. The maximum atomic E-state index is 11.1. The Labute approximate surface area is 71.5 Å². The van der Waals surface area contributed by atoms with Gasteiger partial charge in [0.05, 0.1) is 9.81 Å². The number of benzene rings is 1. The van der Waals surface area contributed by atoms with E-state index in [-0.39, 0.29) is 0 Å². The molecular formula is C9H8O2S. The second-order valence-electron chi connectivity index (χ2n) is 2.75. The summed E-state index contributed by atoms with van der Waals surface area (Å²) in [6.07, 6.45) is 0. The van der Waals surface area contributed by atoms with Gasteiger partial charge in [-0.05, 0) is 12.5 Å². The fraction of sp³-hybridized carbons (Fsp3) is 0.111. The lowest BCUT2D eigenvalue weighted by Gasteiger charge is -1.88. The van der Waals surface area contributed by atoms with Gasteiger partial charge in [-0.3, -0.25) is 0 Å². The van der Waals surface area contributed by atoms with E-state index in [9.17, 15) is 8.42 Å². The SMILES string of the molecule is CC1=C(c2ccccc2)S1(=O)=O. The molecule has 62 valence electrons. The van der Waals surface area contributed by atoms with Gasteiger partial charge in [0, 0.05) is 0 Å². The molecule has 1 aliphatic heterocycles. The second kappa shape index (κ2) is 2.20. The minimum atomic E-state index is -2.96. The van der Waals surface area contributed by atoms with Gasteiger partial charge in [0.15, 0.2) is 0 Å². The van der Waals surface area contributed by atoms with Crippen LogP contribution in [0.15, 0.2) is 35.2 Å². The molecular weight excluding hydrogens is 172 g/mol. The van der Waals surface area contributed by atoms with E-state index in [1.54, 1.807) is 6.92 Å². The van der Waals surface area contributed by atoms with Crippen molar-refractivity contribution in [2.45, 2.75) is 6.92 Å². The molecule has 0 aromatic heterocycles. The van der Waals surface area contributed by atoms with E-state index in [1.807, 2.05) is 30.3 Å². The van der Waals surface area contributed by atoms with E-state index in [0.717, 1.165) is 5.56 Å². The Hall–Kier alpha value is -1.09. The summed E-state index contributed by atoms with van der Waals surface area (Å²) < 4.78 is 22.3. The first-order chi connectivity index (χ1) is 5.64. The van der Waals surface area contributed by atoms with Crippen LogP contribution in [0.2, 0.25) is 0 Å². The Morgan fingerprint density at radius 1 is 1.08 bits per heavy atom. The van der Waals surface area contributed by atoms with Crippen molar-refractivity contribution in [2.75, 3.05) is 0 Å². The first kappa shape index (κ1) is 7.55. The fourth-order valence-electron chi connectivity index (χ4n) is 1.23. The van der Waals surface area contributed by atoms with E-state index in [2.05, 4.69) is 0 Å². The summed E-state index contributed by atoms with van der Waals surface area (Å²) in [5.74, 6) is 0. The number of rotatable bonds is 1. The van der Waals surface area contributed by atoms with Crippen molar-refractivity contribution in [3.05, 3.63) is 40.8 Å². The summed E-state index contributed by atoms with van der Waals surface area (Å²) >= 11 is 0. The summed E-state index contributed by atoms with van der Waals surface area (Å²) in [5.41, 5.74) is 0.801. The Balaban J connectivity index is 2.50. The highest BCUT2D eigenvalue weighted by Gasteiger charge is 2.39. The van der Waals surface area contributed by atoms with Gasteiger partial charge >= 0.3 is 0 Å². The topological polar surface area (TPSA) is 34.1 Å². The molecule has 0 N–H and O–H groups in total. The van der Waals surface area contributed by atoms with E-state index in [0.29, 0.717) is 9.81 Å². The second-order valence-corrected chi connectivity index (χ2v) is 4.78. The average Bonchev–Trinajstić information content (AvgIpc) is 2.53. The smallest absolute Gasteiger partial charge is 0.205 e. The van der Waals surface area contributed by atoms with Crippen LogP contribution >= 0.6 is 0 Å². The van der Waals surface area contributed by atoms with E-state index in [4.69, 9.17) is 0 Å². The highest BCUT2D eigenvalue weighted by Crippen LogP contribution is 2.43. The van der Waals surface area contributed by atoms with Gasteiger partial charge in [0.25, 0.3) is 0 Å². The standard InChI is InChI=1S/C9H8O2S/c1-7-9(12(7,10)11)8-5-3-2-4-6-8/h2-6H,1H3. The molecule has 1 aliphatic rings. The lowest BCUT2D eigenvalue weighted by atomic mass is 10.2. The Kier molecular flexibility index (Phi) is 1.38. The molecule has 0 radical (unpaired) electrons. The molecule has 0 spiro atoms. The number of sulfone groups is 1. The van der Waals surface area contributed by atoms with Gasteiger partial charge in [-0.2, -0.15) is 0 Å². The maximum Gasteiger partial charge on any atom is 0.205 e. The molecule has 1 aromatic rings. The summed E-state index contributed by atoms with van der Waals surface area (Å²) in [6, 6.07) is 9.16. The third-order valence-corrected chi connectivity index (χ3v) is 3.87. The van der Waals surface area contributed by atoms with Gasteiger partial charge in [0.2, 0.25) is 9.84 Å². The highest BCUT2D eigenvalue weighted by atomic mass is 32.2. The highest BCUT2D eigenvalue weighted by molar-refractivity contribution is 8.12. The van der Waals surface area contributed by atoms with E-state index in [1.165, 1.54) is 0 Å². The van der Waals surface area contributed by atoms with Crippen molar-refractivity contribution >= 4 is 14.7 Å². The van der Waals surface area contributed by atoms with Crippen molar-refractivity contribution in [3.8, 4) is 0 Å². The van der Waals surface area contributed by atoms with Crippen LogP contribution in [0.25, 0.3) is 4.91 Å². The molecule has 3 heteroatoms. The van der Waals surface area contributed by atoms with Crippen LogP contribution in [0.4, 0.5) is 0 Å². The van der Waals surface area contributed by atoms with Crippen LogP contribution in [0.1, 0.15) is 12.5 Å². The number of allylic oxidation sites excluding steroid dienone is 1. The minimum Gasteiger partial charge on any atom is -0.219 e. The number of hydrogen-bond acceptors (Lipinski definition) is 2. The minimum absolute atomic E-state index is 0.503. The third kappa shape index (κ3) is 0.898. The van der Waals surface area contributed by atoms with Gasteiger partial charge in [-0.1, -0.05) is 30.3 Å². The summed E-state index contributed by atoms with van der Waals surface area (Å²) in [4.78, 5) is 1.01. The molecule has 0 saturated carbocycles. The van der Waals surface area contributed by atoms with Crippen molar-refractivity contribution in [3.63, 3.8) is 0 Å².